The molecule has 1 nitrogen and oxygen atoms in total. The van der Waals surface area contributed by atoms with Gasteiger partial charge in [0.25, 0.3) is 0 Å². The Bertz CT molecular complexity index is 66.3. The molecule has 0 aromatic carbocycles. The van der Waals surface area contributed by atoms with Gasteiger partial charge in [-0.05, 0) is 19.5 Å². The van der Waals surface area contributed by atoms with E-state index >= 15 is 0 Å². The van der Waals surface area contributed by atoms with E-state index in [0.717, 1.165) is 5.33 Å². The van der Waals surface area contributed by atoms with Gasteiger partial charge in [0, 0.05) is 11.9 Å². The van der Waals surface area contributed by atoms with Gasteiger partial charge in [0.05, 0.1) is 0 Å². The van der Waals surface area contributed by atoms with Crippen molar-refractivity contribution in [2.45, 2.75) is 26.7 Å². The molecule has 62 valence electrons. The van der Waals surface area contributed by atoms with Crippen LogP contribution in [0.1, 0.15) is 26.7 Å². The van der Waals surface area contributed by atoms with Gasteiger partial charge in [0.1, 0.15) is 0 Å². The molecule has 0 aromatic rings. The van der Waals surface area contributed by atoms with Gasteiger partial charge in [-0.15, -0.1) is 0 Å². The highest BCUT2D eigenvalue weighted by atomic mass is 79.9. The first-order chi connectivity index (χ1) is 4.85. The second-order valence-corrected chi connectivity index (χ2v) is 3.27. The van der Waals surface area contributed by atoms with Crippen LogP contribution < -0.4 is 0 Å². The van der Waals surface area contributed by atoms with Crippen LogP contribution in [0.25, 0.3) is 0 Å². The summed E-state index contributed by atoms with van der Waals surface area (Å²) in [6.07, 6.45) is 2.64. The molecule has 0 N–H and O–H groups in total. The van der Waals surface area contributed by atoms with Crippen LogP contribution in [0.2, 0.25) is 0 Å². The van der Waals surface area contributed by atoms with Gasteiger partial charge in [0.15, 0.2) is 0 Å². The van der Waals surface area contributed by atoms with Crippen LogP contribution in [-0.2, 0) is 0 Å². The minimum Gasteiger partial charge on any atom is -0.303 e. The summed E-state index contributed by atoms with van der Waals surface area (Å²) in [6, 6.07) is 0. The molecular formula is C8H18BrN. The Hall–Kier alpha value is 0.440. The second-order valence-electron chi connectivity index (χ2n) is 2.48. The number of nitrogens with zero attached hydrogens (tertiary/aromatic N) is 1. The van der Waals surface area contributed by atoms with Crippen molar-refractivity contribution in [2.24, 2.45) is 0 Å². The Balaban J connectivity index is 3.21. The van der Waals surface area contributed by atoms with Crippen LogP contribution in [-0.4, -0.2) is 29.9 Å². The molecule has 0 aliphatic heterocycles. The lowest BCUT2D eigenvalue weighted by Crippen LogP contribution is -2.26. The molecule has 0 rings (SSSR count). The van der Waals surface area contributed by atoms with E-state index in [4.69, 9.17) is 0 Å². The number of halogens is 1. The third-order valence-corrected chi connectivity index (χ3v) is 2.03. The summed E-state index contributed by atoms with van der Waals surface area (Å²) < 4.78 is 0. The van der Waals surface area contributed by atoms with Crippen LogP contribution in [0.4, 0.5) is 0 Å². The normalized spacial score (nSPS) is 10.8. The molecule has 0 saturated heterocycles. The van der Waals surface area contributed by atoms with Gasteiger partial charge < -0.3 is 4.90 Å². The van der Waals surface area contributed by atoms with Gasteiger partial charge in [-0.3, -0.25) is 0 Å². The molecule has 0 atom stereocenters. The topological polar surface area (TPSA) is 3.24 Å². The molecule has 10 heavy (non-hydrogen) atoms. The van der Waals surface area contributed by atoms with Crippen molar-refractivity contribution in [3.05, 3.63) is 0 Å². The first kappa shape index (κ1) is 10.4. The summed E-state index contributed by atoms with van der Waals surface area (Å²) in [5.41, 5.74) is 0. The van der Waals surface area contributed by atoms with Gasteiger partial charge in [-0.1, -0.05) is 36.2 Å². The number of hydrogen-bond donors (Lipinski definition) is 0. The highest BCUT2D eigenvalue weighted by molar-refractivity contribution is 9.09. The highest BCUT2D eigenvalue weighted by Gasteiger charge is 1.97. The molecule has 0 aliphatic rings. The van der Waals surface area contributed by atoms with Crippen LogP contribution in [0, 0.1) is 0 Å². The zero-order valence-corrected chi connectivity index (χ0v) is 8.65. The summed E-state index contributed by atoms with van der Waals surface area (Å²) >= 11 is 3.44. The van der Waals surface area contributed by atoms with Crippen molar-refractivity contribution in [3.63, 3.8) is 0 Å². The third-order valence-electron chi connectivity index (χ3n) is 1.68. The lowest BCUT2D eigenvalue weighted by atomic mass is 10.3. The molecule has 0 aromatic heterocycles. The van der Waals surface area contributed by atoms with E-state index in [1.807, 2.05) is 0 Å². The van der Waals surface area contributed by atoms with Crippen molar-refractivity contribution < 1.29 is 0 Å². The fraction of sp³-hybridized carbons (Fsp3) is 1.00. The van der Waals surface area contributed by atoms with Crippen LogP contribution in [0.5, 0.6) is 0 Å². The van der Waals surface area contributed by atoms with Gasteiger partial charge in [-0.2, -0.15) is 0 Å². The first-order valence-electron chi connectivity index (χ1n) is 4.13. The zero-order chi connectivity index (χ0) is 7.82. The van der Waals surface area contributed by atoms with Crippen molar-refractivity contribution >= 4 is 15.9 Å². The Morgan fingerprint density at radius 1 is 1.20 bits per heavy atom. The lowest BCUT2D eigenvalue weighted by Gasteiger charge is -2.17. The minimum absolute atomic E-state index is 1.10. The molecule has 0 heterocycles. The lowest BCUT2D eigenvalue weighted by molar-refractivity contribution is 0.302. The quantitative estimate of drug-likeness (QED) is 0.606. The maximum atomic E-state index is 3.44. The summed E-state index contributed by atoms with van der Waals surface area (Å²) in [4.78, 5) is 2.47. The largest absolute Gasteiger partial charge is 0.303 e. The number of alkyl halides is 1. The van der Waals surface area contributed by atoms with E-state index in [-0.39, 0.29) is 0 Å². The summed E-state index contributed by atoms with van der Waals surface area (Å²) in [7, 11) is 0. The van der Waals surface area contributed by atoms with Crippen molar-refractivity contribution in [1.82, 2.24) is 4.90 Å². The SMILES string of the molecule is CCCCN(CC)CCBr. The van der Waals surface area contributed by atoms with E-state index in [0.29, 0.717) is 0 Å². The Labute approximate surface area is 72.9 Å². The molecule has 0 radical (unpaired) electrons. The predicted octanol–water partition coefficient (Wildman–Crippen LogP) is 2.50. The summed E-state index contributed by atoms with van der Waals surface area (Å²) in [6.45, 7) is 8.10. The summed E-state index contributed by atoms with van der Waals surface area (Å²) in [5.74, 6) is 0. The second kappa shape index (κ2) is 7.55. The smallest absolute Gasteiger partial charge is 0.0159 e. The van der Waals surface area contributed by atoms with Crippen molar-refractivity contribution in [1.29, 1.82) is 0 Å². The maximum Gasteiger partial charge on any atom is 0.0159 e. The Morgan fingerprint density at radius 3 is 2.30 bits per heavy atom. The maximum absolute atomic E-state index is 3.44. The number of unbranched alkanes of at least 4 members (excludes halogenated alkanes) is 1. The first-order valence-corrected chi connectivity index (χ1v) is 5.25. The average molecular weight is 208 g/mol. The molecule has 0 fully saturated rings. The van der Waals surface area contributed by atoms with E-state index < -0.39 is 0 Å². The number of hydrogen-bond acceptors (Lipinski definition) is 1. The molecule has 0 amide bonds. The van der Waals surface area contributed by atoms with Gasteiger partial charge >= 0.3 is 0 Å². The molecule has 0 spiro atoms. The predicted molar refractivity (Wildman–Crippen MR) is 50.8 cm³/mol. The minimum atomic E-state index is 1.10. The third kappa shape index (κ3) is 5.24. The molecular weight excluding hydrogens is 190 g/mol. The standard InChI is InChI=1S/C8H18BrN/c1-3-5-7-10(4-2)8-6-9/h3-8H2,1-2H3. The van der Waals surface area contributed by atoms with Gasteiger partial charge in [0.2, 0.25) is 0 Å². The van der Waals surface area contributed by atoms with E-state index in [9.17, 15) is 0 Å². The van der Waals surface area contributed by atoms with E-state index in [1.54, 1.807) is 0 Å². The fourth-order valence-electron chi connectivity index (χ4n) is 0.929. The van der Waals surface area contributed by atoms with E-state index in [1.165, 1.54) is 32.5 Å². The fourth-order valence-corrected chi connectivity index (χ4v) is 1.43. The molecule has 0 saturated carbocycles. The molecule has 0 bridgehead atoms. The van der Waals surface area contributed by atoms with Crippen LogP contribution in [0.3, 0.4) is 0 Å². The monoisotopic (exact) mass is 207 g/mol. The van der Waals surface area contributed by atoms with Crippen LogP contribution >= 0.6 is 15.9 Å². The Kier molecular flexibility index (Phi) is 7.88. The van der Waals surface area contributed by atoms with Crippen LogP contribution in [0.15, 0.2) is 0 Å². The highest BCUT2D eigenvalue weighted by Crippen LogP contribution is 1.95. The molecule has 0 unspecified atom stereocenters. The number of rotatable bonds is 6. The molecule has 2 heteroatoms. The average Bonchev–Trinajstić information content (AvgIpc) is 1.98. The zero-order valence-electron chi connectivity index (χ0n) is 7.07. The Morgan fingerprint density at radius 2 is 1.90 bits per heavy atom. The van der Waals surface area contributed by atoms with E-state index in [2.05, 4.69) is 34.7 Å². The summed E-state index contributed by atoms with van der Waals surface area (Å²) in [5, 5.41) is 1.10. The van der Waals surface area contributed by atoms with Crippen molar-refractivity contribution in [2.75, 3.05) is 25.0 Å². The van der Waals surface area contributed by atoms with Crippen molar-refractivity contribution in [3.8, 4) is 0 Å². The van der Waals surface area contributed by atoms with Gasteiger partial charge in [-0.25, -0.2) is 0 Å². The molecule has 0 aliphatic carbocycles.